The smallest absolute Gasteiger partial charge is 0.416 e. The molecule has 158 valence electrons. The second-order valence-corrected chi connectivity index (χ2v) is 7.76. The lowest BCUT2D eigenvalue weighted by Gasteiger charge is -2.36. The lowest BCUT2D eigenvalue weighted by Crippen LogP contribution is -2.46. The molecule has 0 amide bonds. The van der Waals surface area contributed by atoms with Crippen molar-refractivity contribution in [3.8, 4) is 17.0 Å². The van der Waals surface area contributed by atoms with Crippen LogP contribution in [0.15, 0.2) is 36.4 Å². The summed E-state index contributed by atoms with van der Waals surface area (Å²) in [4.78, 5) is 2.12. The first kappa shape index (κ1) is 20.4. The number of phenols is 1. The molecule has 2 atom stereocenters. The van der Waals surface area contributed by atoms with Crippen molar-refractivity contribution in [3.63, 3.8) is 0 Å². The number of halogens is 3. The fourth-order valence-corrected chi connectivity index (χ4v) is 4.04. The highest BCUT2D eigenvalue weighted by molar-refractivity contribution is 6.03. The fraction of sp³-hybridized carbons (Fsp3) is 0.364. The molecule has 1 aromatic heterocycles. The van der Waals surface area contributed by atoms with Crippen LogP contribution in [0.2, 0.25) is 0 Å². The Morgan fingerprint density at radius 1 is 1.07 bits per heavy atom. The van der Waals surface area contributed by atoms with Gasteiger partial charge in [-0.05, 0) is 44.5 Å². The van der Waals surface area contributed by atoms with Gasteiger partial charge in [-0.3, -0.25) is 0 Å². The zero-order valence-corrected chi connectivity index (χ0v) is 16.9. The highest BCUT2D eigenvalue weighted by Crippen LogP contribution is 2.40. The van der Waals surface area contributed by atoms with Crippen molar-refractivity contribution in [1.82, 2.24) is 10.2 Å². The summed E-state index contributed by atoms with van der Waals surface area (Å²) < 4.78 is 44.7. The minimum absolute atomic E-state index is 0.0354. The minimum Gasteiger partial charge on any atom is -0.507 e. The van der Waals surface area contributed by atoms with E-state index in [-0.39, 0.29) is 17.8 Å². The summed E-state index contributed by atoms with van der Waals surface area (Å²) in [6.45, 7) is 7.28. The van der Waals surface area contributed by atoms with Gasteiger partial charge in [0.1, 0.15) is 11.4 Å². The van der Waals surface area contributed by atoms with Crippen LogP contribution in [0.1, 0.15) is 25.0 Å². The van der Waals surface area contributed by atoms with Crippen LogP contribution in [0.5, 0.6) is 5.75 Å². The quantitative estimate of drug-likeness (QED) is 0.640. The maximum Gasteiger partial charge on any atom is 0.416 e. The van der Waals surface area contributed by atoms with Gasteiger partial charge in [0.15, 0.2) is 5.82 Å². The Morgan fingerprint density at radius 2 is 1.77 bits per heavy atom. The fourth-order valence-electron chi connectivity index (χ4n) is 4.04. The largest absolute Gasteiger partial charge is 0.507 e. The third-order valence-corrected chi connectivity index (χ3v) is 5.30. The van der Waals surface area contributed by atoms with Gasteiger partial charge in [-0.2, -0.15) is 13.2 Å². The van der Waals surface area contributed by atoms with Gasteiger partial charge < -0.3 is 14.7 Å². The normalized spacial score (nSPS) is 20.0. The number of hydrogen-bond donors (Lipinski definition) is 1. The monoisotopic (exact) mass is 417 g/mol. The molecule has 1 aliphatic heterocycles. The first-order valence-electron chi connectivity index (χ1n) is 9.72. The predicted molar refractivity (Wildman–Crippen MR) is 109 cm³/mol. The molecule has 0 spiro atoms. The van der Waals surface area contributed by atoms with Crippen molar-refractivity contribution >= 4 is 16.6 Å². The van der Waals surface area contributed by atoms with Crippen LogP contribution in [-0.4, -0.2) is 40.6 Å². The van der Waals surface area contributed by atoms with Crippen LogP contribution in [-0.2, 0) is 10.9 Å². The van der Waals surface area contributed by atoms with Crippen LogP contribution in [0, 0.1) is 6.92 Å². The molecule has 0 radical (unpaired) electrons. The number of aromatic nitrogens is 2. The van der Waals surface area contributed by atoms with Crippen molar-refractivity contribution in [3.05, 3.63) is 47.5 Å². The van der Waals surface area contributed by atoms with Gasteiger partial charge in [-0.25, -0.2) is 0 Å². The molecule has 0 aliphatic carbocycles. The summed E-state index contributed by atoms with van der Waals surface area (Å²) in [5.74, 6) is 0.226. The van der Waals surface area contributed by atoms with Crippen molar-refractivity contribution in [2.45, 2.75) is 39.2 Å². The number of benzene rings is 2. The predicted octanol–water partition coefficient (Wildman–Crippen LogP) is 4.94. The Balaban J connectivity index is 1.87. The Hall–Kier alpha value is -2.87. The Kier molecular flexibility index (Phi) is 5.05. The van der Waals surface area contributed by atoms with E-state index in [4.69, 9.17) is 4.74 Å². The summed E-state index contributed by atoms with van der Waals surface area (Å²) in [6.07, 6.45) is -4.46. The first-order chi connectivity index (χ1) is 14.1. The second-order valence-electron chi connectivity index (χ2n) is 7.76. The summed E-state index contributed by atoms with van der Waals surface area (Å²) in [5.41, 5.74) is 0.612. The van der Waals surface area contributed by atoms with E-state index in [0.717, 1.165) is 28.5 Å². The van der Waals surface area contributed by atoms with Crippen molar-refractivity contribution in [2.24, 2.45) is 0 Å². The standard InChI is InChI=1S/C22H22F3N3O2/c1-12-5-4-6-17-19(12)21(28-10-13(2)30-14(3)11-28)27-26-20(17)16-8-7-15(9-18(16)29)22(23,24)25/h4-9,13-14,29H,10-11H2,1-3H3. The third-order valence-electron chi connectivity index (χ3n) is 5.30. The number of aromatic hydroxyl groups is 1. The number of rotatable bonds is 2. The molecular formula is C22H22F3N3O2. The van der Waals surface area contributed by atoms with Crippen LogP contribution in [0.3, 0.4) is 0 Å². The molecule has 5 nitrogen and oxygen atoms in total. The summed E-state index contributed by atoms with van der Waals surface area (Å²) in [6, 6.07) is 8.56. The number of morpholine rings is 1. The molecule has 30 heavy (non-hydrogen) atoms. The summed E-state index contributed by atoms with van der Waals surface area (Å²) in [5, 5.41) is 20.7. The molecule has 1 saturated heterocycles. The van der Waals surface area contributed by atoms with Crippen LogP contribution < -0.4 is 4.90 Å². The molecule has 8 heteroatoms. The van der Waals surface area contributed by atoms with Crippen molar-refractivity contribution in [2.75, 3.05) is 18.0 Å². The van der Waals surface area contributed by atoms with Crippen LogP contribution in [0.25, 0.3) is 22.0 Å². The van der Waals surface area contributed by atoms with E-state index in [9.17, 15) is 18.3 Å². The van der Waals surface area contributed by atoms with E-state index >= 15 is 0 Å². The number of fused-ring (bicyclic) bond motifs is 1. The van der Waals surface area contributed by atoms with Gasteiger partial charge in [-0.15, -0.1) is 10.2 Å². The molecule has 1 N–H and O–H groups in total. The second kappa shape index (κ2) is 7.43. The molecule has 1 aliphatic rings. The molecule has 2 heterocycles. The van der Waals surface area contributed by atoms with E-state index in [1.807, 2.05) is 39.0 Å². The van der Waals surface area contributed by atoms with Gasteiger partial charge in [-0.1, -0.05) is 18.2 Å². The summed E-state index contributed by atoms with van der Waals surface area (Å²) >= 11 is 0. The average Bonchev–Trinajstić information content (AvgIpc) is 2.66. The minimum atomic E-state index is -4.53. The van der Waals surface area contributed by atoms with E-state index in [1.165, 1.54) is 6.07 Å². The number of alkyl halides is 3. The zero-order chi connectivity index (χ0) is 21.6. The van der Waals surface area contributed by atoms with Crippen LogP contribution >= 0.6 is 0 Å². The highest BCUT2D eigenvalue weighted by atomic mass is 19.4. The maximum absolute atomic E-state index is 13.0. The molecule has 0 bridgehead atoms. The van der Waals surface area contributed by atoms with Gasteiger partial charge in [0.25, 0.3) is 0 Å². The number of anilines is 1. The van der Waals surface area contributed by atoms with Crippen LogP contribution in [0.4, 0.5) is 19.0 Å². The van der Waals surface area contributed by atoms with Crippen molar-refractivity contribution < 1.29 is 23.0 Å². The topological polar surface area (TPSA) is 58.5 Å². The Bertz CT molecular complexity index is 1090. The average molecular weight is 417 g/mol. The lowest BCUT2D eigenvalue weighted by molar-refractivity contribution is -0.137. The van der Waals surface area contributed by atoms with Crippen molar-refractivity contribution in [1.29, 1.82) is 0 Å². The summed E-state index contributed by atoms with van der Waals surface area (Å²) in [7, 11) is 0. The number of aryl methyl sites for hydroxylation is 1. The number of nitrogens with zero attached hydrogens (tertiary/aromatic N) is 3. The molecule has 1 fully saturated rings. The number of phenolic OH excluding ortho intramolecular Hbond substituents is 1. The number of hydrogen-bond acceptors (Lipinski definition) is 5. The van der Waals surface area contributed by atoms with Gasteiger partial charge in [0.2, 0.25) is 0 Å². The first-order valence-corrected chi connectivity index (χ1v) is 9.72. The molecule has 4 rings (SSSR count). The Morgan fingerprint density at radius 3 is 2.40 bits per heavy atom. The van der Waals surface area contributed by atoms with Gasteiger partial charge in [0.05, 0.1) is 17.8 Å². The zero-order valence-electron chi connectivity index (χ0n) is 16.9. The molecular weight excluding hydrogens is 395 g/mol. The molecule has 0 saturated carbocycles. The van der Waals surface area contributed by atoms with E-state index < -0.39 is 17.5 Å². The van der Waals surface area contributed by atoms with E-state index in [1.54, 1.807) is 0 Å². The SMILES string of the molecule is Cc1cccc2c(-c3ccc(C(F)(F)F)cc3O)nnc(N3CC(C)OC(C)C3)c12. The maximum atomic E-state index is 13.0. The van der Waals surface area contributed by atoms with E-state index in [2.05, 4.69) is 15.1 Å². The van der Waals surface area contributed by atoms with E-state index in [0.29, 0.717) is 24.6 Å². The third kappa shape index (κ3) is 3.67. The number of ether oxygens (including phenoxy) is 1. The molecule has 2 unspecified atom stereocenters. The molecule has 3 aromatic rings. The Labute approximate surface area is 172 Å². The van der Waals surface area contributed by atoms with Gasteiger partial charge >= 0.3 is 6.18 Å². The van der Waals surface area contributed by atoms with Gasteiger partial charge in [0, 0.05) is 29.4 Å². The highest BCUT2D eigenvalue weighted by Gasteiger charge is 2.32. The lowest BCUT2D eigenvalue weighted by atomic mass is 9.99. The molecule has 2 aromatic carbocycles.